The molecule has 0 saturated heterocycles. The first kappa shape index (κ1) is 52.4. The first-order valence-electron chi connectivity index (χ1n) is 21.2. The van der Waals surface area contributed by atoms with Crippen LogP contribution in [0.5, 0.6) is 0 Å². The van der Waals surface area contributed by atoms with Crippen molar-refractivity contribution in [1.29, 1.82) is 0 Å². The molecular formula is C46H78NO7P. The van der Waals surface area contributed by atoms with Crippen LogP contribution < -0.4 is 5.73 Å². The number of ether oxygens (including phenoxy) is 2. The first-order valence-corrected chi connectivity index (χ1v) is 22.7. The van der Waals surface area contributed by atoms with Gasteiger partial charge in [0, 0.05) is 19.6 Å². The van der Waals surface area contributed by atoms with Crippen molar-refractivity contribution in [3.8, 4) is 0 Å². The lowest BCUT2D eigenvalue weighted by molar-refractivity contribution is -0.154. The average Bonchev–Trinajstić information content (AvgIpc) is 3.17. The second kappa shape index (κ2) is 42.6. The Hall–Kier alpha value is -2.58. The van der Waals surface area contributed by atoms with Crippen molar-refractivity contribution in [2.75, 3.05) is 33.0 Å². The zero-order chi connectivity index (χ0) is 40.2. The van der Waals surface area contributed by atoms with Crippen LogP contribution in [0.4, 0.5) is 0 Å². The lowest BCUT2D eigenvalue weighted by Crippen LogP contribution is -2.28. The van der Waals surface area contributed by atoms with E-state index in [2.05, 4.69) is 111 Å². The minimum atomic E-state index is -4.29. The van der Waals surface area contributed by atoms with Gasteiger partial charge in [0.15, 0.2) is 0 Å². The van der Waals surface area contributed by atoms with Gasteiger partial charge in [-0.25, -0.2) is 4.57 Å². The van der Waals surface area contributed by atoms with Gasteiger partial charge in [-0.15, -0.1) is 0 Å². The Balaban J connectivity index is 4.12. The molecule has 0 aliphatic heterocycles. The van der Waals surface area contributed by atoms with Crippen LogP contribution in [0.3, 0.4) is 0 Å². The standard InChI is InChI=1S/C46H78NO7P/c1-3-5-7-9-11-13-15-16-17-18-19-20-21-22-23-24-25-26-27-28-29-31-33-35-37-39-46(48)54-45(44-53-55(49,50)52-42-40-47)43-51-41-38-36-34-32-30-14-12-10-8-6-4-2/h5,7-8,10-11,13,16-17,19-20,22-23,25-26,28-29,45H,3-4,6,9,12,14-15,18,21,24,27,30-44,47H2,1-2H3,(H,49,50)/b7-5-,10-8-,13-11-,17-16-,20-19-,23-22-,26-25-,29-28-. The Labute approximate surface area is 336 Å². The summed E-state index contributed by atoms with van der Waals surface area (Å²) in [5.41, 5.74) is 5.36. The van der Waals surface area contributed by atoms with Gasteiger partial charge in [0.2, 0.25) is 0 Å². The van der Waals surface area contributed by atoms with E-state index in [-0.39, 0.29) is 38.8 Å². The fourth-order valence-electron chi connectivity index (χ4n) is 5.15. The van der Waals surface area contributed by atoms with Crippen molar-refractivity contribution in [1.82, 2.24) is 0 Å². The van der Waals surface area contributed by atoms with Crippen LogP contribution in [-0.4, -0.2) is 49.9 Å². The highest BCUT2D eigenvalue weighted by molar-refractivity contribution is 7.47. The summed E-state index contributed by atoms with van der Waals surface area (Å²) in [6.07, 6.45) is 55.7. The molecule has 0 aromatic carbocycles. The molecule has 0 heterocycles. The summed E-state index contributed by atoms with van der Waals surface area (Å²) in [5, 5.41) is 0. The van der Waals surface area contributed by atoms with Gasteiger partial charge in [-0.2, -0.15) is 0 Å². The first-order chi connectivity index (χ1) is 26.9. The summed E-state index contributed by atoms with van der Waals surface area (Å²) < 4.78 is 33.3. The summed E-state index contributed by atoms with van der Waals surface area (Å²) in [6.45, 7) is 4.65. The number of phosphoric acid groups is 1. The zero-order valence-electron chi connectivity index (χ0n) is 34.6. The Kier molecular flexibility index (Phi) is 40.6. The van der Waals surface area contributed by atoms with E-state index in [1.165, 1.54) is 32.1 Å². The third kappa shape index (κ3) is 42.4. The fraction of sp³-hybridized carbons (Fsp3) is 0.630. The molecule has 0 aromatic rings. The smallest absolute Gasteiger partial charge is 0.457 e. The summed E-state index contributed by atoms with van der Waals surface area (Å²) in [7, 11) is -4.29. The molecule has 0 bridgehead atoms. The van der Waals surface area contributed by atoms with E-state index in [9.17, 15) is 14.3 Å². The third-order valence-corrected chi connectivity index (χ3v) is 9.20. The van der Waals surface area contributed by atoms with Crippen LogP contribution in [0.25, 0.3) is 0 Å². The van der Waals surface area contributed by atoms with Crippen LogP contribution in [-0.2, 0) is 27.9 Å². The SMILES string of the molecule is CC/C=C\C/C=C\C/C=C\C/C=C\C/C=C\C/C=C\C/C=C\CCCCCC(=O)OC(COCCCCCCCC/C=C\CCC)COP(=O)(O)OCCN. The highest BCUT2D eigenvalue weighted by atomic mass is 31.2. The van der Waals surface area contributed by atoms with Crippen molar-refractivity contribution in [3.63, 3.8) is 0 Å². The zero-order valence-corrected chi connectivity index (χ0v) is 35.5. The number of carbonyl (C=O) groups is 1. The minimum absolute atomic E-state index is 0.0880. The molecule has 0 fully saturated rings. The maximum atomic E-state index is 12.6. The van der Waals surface area contributed by atoms with E-state index in [0.29, 0.717) is 13.0 Å². The van der Waals surface area contributed by atoms with Crippen molar-refractivity contribution in [2.24, 2.45) is 5.73 Å². The Morgan fingerprint density at radius 3 is 1.55 bits per heavy atom. The number of nitrogens with two attached hydrogens (primary N) is 1. The minimum Gasteiger partial charge on any atom is -0.457 e. The van der Waals surface area contributed by atoms with Crippen molar-refractivity contribution < 1.29 is 32.8 Å². The van der Waals surface area contributed by atoms with Crippen LogP contribution in [0.1, 0.15) is 149 Å². The summed E-state index contributed by atoms with van der Waals surface area (Å²) in [4.78, 5) is 22.4. The number of carbonyl (C=O) groups excluding carboxylic acids is 1. The maximum Gasteiger partial charge on any atom is 0.472 e. The summed E-state index contributed by atoms with van der Waals surface area (Å²) in [6, 6.07) is 0. The van der Waals surface area contributed by atoms with Gasteiger partial charge in [0.1, 0.15) is 6.10 Å². The molecule has 9 heteroatoms. The van der Waals surface area contributed by atoms with Gasteiger partial charge in [-0.1, -0.05) is 150 Å². The Bertz CT molecular complexity index is 1150. The number of allylic oxidation sites excluding steroid dienone is 16. The van der Waals surface area contributed by atoms with Crippen molar-refractivity contribution >= 4 is 13.8 Å². The number of unbranched alkanes of at least 4 members (excludes halogenated alkanes) is 10. The van der Waals surface area contributed by atoms with Gasteiger partial charge in [-0.05, 0) is 89.9 Å². The van der Waals surface area contributed by atoms with Crippen LogP contribution in [0.2, 0.25) is 0 Å². The molecule has 314 valence electrons. The second-order valence-corrected chi connectivity index (χ2v) is 14.9. The Morgan fingerprint density at radius 1 is 0.564 bits per heavy atom. The lowest BCUT2D eigenvalue weighted by Gasteiger charge is -2.20. The van der Waals surface area contributed by atoms with E-state index in [0.717, 1.165) is 89.9 Å². The molecule has 0 rings (SSSR count). The molecule has 0 aliphatic rings. The number of hydrogen-bond acceptors (Lipinski definition) is 7. The largest absolute Gasteiger partial charge is 0.472 e. The van der Waals surface area contributed by atoms with Crippen LogP contribution in [0, 0.1) is 0 Å². The average molecular weight is 788 g/mol. The number of hydrogen-bond donors (Lipinski definition) is 2. The van der Waals surface area contributed by atoms with Gasteiger partial charge in [-0.3, -0.25) is 13.8 Å². The molecule has 0 spiro atoms. The second-order valence-electron chi connectivity index (χ2n) is 13.5. The van der Waals surface area contributed by atoms with E-state index in [1.807, 2.05) is 0 Å². The molecule has 2 atom stereocenters. The monoisotopic (exact) mass is 788 g/mol. The topological polar surface area (TPSA) is 117 Å². The van der Waals surface area contributed by atoms with Crippen LogP contribution in [0.15, 0.2) is 97.2 Å². The van der Waals surface area contributed by atoms with Crippen molar-refractivity contribution in [3.05, 3.63) is 97.2 Å². The third-order valence-electron chi connectivity index (χ3n) is 8.22. The molecule has 0 amide bonds. The number of esters is 1. The summed E-state index contributed by atoms with van der Waals surface area (Å²) in [5.74, 6) is -0.370. The molecule has 0 saturated carbocycles. The van der Waals surface area contributed by atoms with Crippen LogP contribution >= 0.6 is 7.82 Å². The van der Waals surface area contributed by atoms with E-state index in [4.69, 9.17) is 24.3 Å². The molecule has 0 radical (unpaired) electrons. The molecule has 0 aromatic heterocycles. The fourth-order valence-corrected chi connectivity index (χ4v) is 5.92. The lowest BCUT2D eigenvalue weighted by atomic mass is 10.1. The highest BCUT2D eigenvalue weighted by Gasteiger charge is 2.25. The molecule has 55 heavy (non-hydrogen) atoms. The van der Waals surface area contributed by atoms with Gasteiger partial charge >= 0.3 is 13.8 Å². The van der Waals surface area contributed by atoms with Gasteiger partial charge in [0.05, 0.1) is 19.8 Å². The quantitative estimate of drug-likeness (QED) is 0.0274. The van der Waals surface area contributed by atoms with Gasteiger partial charge in [0.25, 0.3) is 0 Å². The van der Waals surface area contributed by atoms with Gasteiger partial charge < -0.3 is 20.1 Å². The molecule has 3 N–H and O–H groups in total. The number of rotatable bonds is 39. The van der Waals surface area contributed by atoms with E-state index < -0.39 is 13.9 Å². The van der Waals surface area contributed by atoms with E-state index >= 15 is 0 Å². The maximum absolute atomic E-state index is 12.6. The molecule has 8 nitrogen and oxygen atoms in total. The normalized spacial score (nSPS) is 14.5. The predicted octanol–water partition coefficient (Wildman–Crippen LogP) is 12.7. The predicted molar refractivity (Wildman–Crippen MR) is 233 cm³/mol. The molecule has 2 unspecified atom stereocenters. The highest BCUT2D eigenvalue weighted by Crippen LogP contribution is 2.43. The Morgan fingerprint density at radius 2 is 1.02 bits per heavy atom. The summed E-state index contributed by atoms with van der Waals surface area (Å²) >= 11 is 0. The molecule has 0 aliphatic carbocycles. The molecular weight excluding hydrogens is 709 g/mol. The number of phosphoric ester groups is 1. The van der Waals surface area contributed by atoms with Crippen molar-refractivity contribution in [2.45, 2.75) is 155 Å². The van der Waals surface area contributed by atoms with E-state index in [1.54, 1.807) is 0 Å².